The number of esters is 1. The third-order valence-electron chi connectivity index (χ3n) is 2.39. The second-order valence-corrected chi connectivity index (χ2v) is 4.32. The smallest absolute Gasteiger partial charge is 0.323 e. The van der Waals surface area contributed by atoms with Crippen molar-refractivity contribution in [3.63, 3.8) is 0 Å². The van der Waals surface area contributed by atoms with E-state index in [9.17, 15) is 4.79 Å². The van der Waals surface area contributed by atoms with Gasteiger partial charge in [-0.2, -0.15) is 0 Å². The first-order valence-electron chi connectivity index (χ1n) is 6.10. The van der Waals surface area contributed by atoms with Crippen molar-refractivity contribution < 1.29 is 9.53 Å². The number of rotatable bonds is 6. The van der Waals surface area contributed by atoms with E-state index in [0.29, 0.717) is 13.0 Å². The molecule has 0 aliphatic carbocycles. The fraction of sp³-hybridized carbons (Fsp3) is 0.500. The topological polar surface area (TPSA) is 38.3 Å². The predicted molar refractivity (Wildman–Crippen MR) is 68.8 cm³/mol. The molecule has 0 fully saturated rings. The molecule has 1 aromatic carbocycles. The Kier molecular flexibility index (Phi) is 5.70. The molecular formula is C14H21NO2. The van der Waals surface area contributed by atoms with E-state index in [-0.39, 0.29) is 18.1 Å². The molecule has 1 N–H and O–H groups in total. The summed E-state index contributed by atoms with van der Waals surface area (Å²) in [5, 5.41) is 3.24. The molecule has 0 spiro atoms. The van der Waals surface area contributed by atoms with Crippen LogP contribution in [-0.4, -0.2) is 24.7 Å². The molecule has 0 aromatic heterocycles. The van der Waals surface area contributed by atoms with Gasteiger partial charge in [0.2, 0.25) is 0 Å². The normalized spacial score (nSPS) is 12.5. The summed E-state index contributed by atoms with van der Waals surface area (Å²) in [6.45, 7) is 6.30. The van der Waals surface area contributed by atoms with E-state index in [0.717, 1.165) is 5.56 Å². The van der Waals surface area contributed by atoms with Gasteiger partial charge >= 0.3 is 5.97 Å². The molecule has 1 unspecified atom stereocenters. The SMILES string of the molecule is CCOC(=O)C(Cc1ccccc1)NC(C)C. The van der Waals surface area contributed by atoms with E-state index >= 15 is 0 Å². The highest BCUT2D eigenvalue weighted by molar-refractivity contribution is 5.76. The van der Waals surface area contributed by atoms with Crippen LogP contribution in [0.25, 0.3) is 0 Å². The Hall–Kier alpha value is -1.35. The van der Waals surface area contributed by atoms with Gasteiger partial charge in [-0.3, -0.25) is 4.79 Å². The Labute approximate surface area is 103 Å². The fourth-order valence-corrected chi connectivity index (χ4v) is 1.71. The van der Waals surface area contributed by atoms with Gasteiger partial charge in [0.15, 0.2) is 0 Å². The van der Waals surface area contributed by atoms with Crippen LogP contribution in [0.2, 0.25) is 0 Å². The van der Waals surface area contributed by atoms with Crippen molar-refractivity contribution in [3.8, 4) is 0 Å². The Bertz CT molecular complexity index is 335. The van der Waals surface area contributed by atoms with Gasteiger partial charge in [0, 0.05) is 6.04 Å². The molecule has 1 rings (SSSR count). The van der Waals surface area contributed by atoms with Crippen LogP contribution in [0.1, 0.15) is 26.3 Å². The average molecular weight is 235 g/mol. The van der Waals surface area contributed by atoms with Gasteiger partial charge in [-0.05, 0) is 18.9 Å². The number of ether oxygens (including phenoxy) is 1. The molecule has 94 valence electrons. The Balaban J connectivity index is 2.66. The van der Waals surface area contributed by atoms with Crippen LogP contribution < -0.4 is 5.32 Å². The van der Waals surface area contributed by atoms with Crippen LogP contribution in [0.15, 0.2) is 30.3 Å². The summed E-state index contributed by atoms with van der Waals surface area (Å²) in [5.41, 5.74) is 1.14. The maximum atomic E-state index is 11.8. The highest BCUT2D eigenvalue weighted by atomic mass is 16.5. The predicted octanol–water partition coefficient (Wildman–Crippen LogP) is 2.16. The molecule has 0 radical (unpaired) electrons. The lowest BCUT2D eigenvalue weighted by Crippen LogP contribution is -2.43. The van der Waals surface area contributed by atoms with E-state index in [4.69, 9.17) is 4.74 Å². The van der Waals surface area contributed by atoms with Crippen molar-refractivity contribution in [2.45, 2.75) is 39.3 Å². The van der Waals surface area contributed by atoms with Crippen molar-refractivity contribution in [1.29, 1.82) is 0 Å². The van der Waals surface area contributed by atoms with Crippen LogP contribution in [0, 0.1) is 0 Å². The average Bonchev–Trinajstić information content (AvgIpc) is 2.29. The summed E-state index contributed by atoms with van der Waals surface area (Å²) in [7, 11) is 0. The lowest BCUT2D eigenvalue weighted by Gasteiger charge is -2.19. The minimum absolute atomic E-state index is 0.176. The molecule has 0 saturated carbocycles. The second-order valence-electron chi connectivity index (χ2n) is 4.32. The number of benzene rings is 1. The summed E-state index contributed by atoms with van der Waals surface area (Å²) >= 11 is 0. The fourth-order valence-electron chi connectivity index (χ4n) is 1.71. The van der Waals surface area contributed by atoms with Gasteiger partial charge in [0.1, 0.15) is 6.04 Å². The van der Waals surface area contributed by atoms with E-state index in [1.807, 2.05) is 51.1 Å². The van der Waals surface area contributed by atoms with Crippen molar-refractivity contribution in [2.24, 2.45) is 0 Å². The number of nitrogens with one attached hydrogen (secondary N) is 1. The largest absolute Gasteiger partial charge is 0.465 e. The molecular weight excluding hydrogens is 214 g/mol. The number of carbonyl (C=O) groups is 1. The number of hydrogen-bond acceptors (Lipinski definition) is 3. The Morgan fingerprint density at radius 3 is 2.47 bits per heavy atom. The van der Waals surface area contributed by atoms with Gasteiger partial charge < -0.3 is 10.1 Å². The maximum Gasteiger partial charge on any atom is 0.323 e. The van der Waals surface area contributed by atoms with E-state index in [2.05, 4.69) is 5.32 Å². The molecule has 0 aliphatic heterocycles. The first kappa shape index (κ1) is 13.7. The van der Waals surface area contributed by atoms with Crippen molar-refractivity contribution in [2.75, 3.05) is 6.61 Å². The lowest BCUT2D eigenvalue weighted by molar-refractivity contribution is -0.145. The first-order chi connectivity index (χ1) is 8.13. The van der Waals surface area contributed by atoms with E-state index in [1.165, 1.54) is 0 Å². The zero-order valence-corrected chi connectivity index (χ0v) is 10.8. The Morgan fingerprint density at radius 2 is 1.94 bits per heavy atom. The molecule has 0 amide bonds. The summed E-state index contributed by atoms with van der Waals surface area (Å²) in [5.74, 6) is -0.176. The first-order valence-corrected chi connectivity index (χ1v) is 6.10. The molecule has 0 heterocycles. The molecule has 3 nitrogen and oxygen atoms in total. The third kappa shape index (κ3) is 5.00. The van der Waals surface area contributed by atoms with Crippen molar-refractivity contribution in [3.05, 3.63) is 35.9 Å². The maximum absolute atomic E-state index is 11.8. The van der Waals surface area contributed by atoms with Gasteiger partial charge in [-0.15, -0.1) is 0 Å². The number of hydrogen-bond donors (Lipinski definition) is 1. The molecule has 0 saturated heterocycles. The summed E-state index contributed by atoms with van der Waals surface area (Å²) in [6, 6.07) is 9.96. The van der Waals surface area contributed by atoms with Crippen LogP contribution in [0.3, 0.4) is 0 Å². The van der Waals surface area contributed by atoms with Crippen LogP contribution in [-0.2, 0) is 16.0 Å². The summed E-state index contributed by atoms with van der Waals surface area (Å²) < 4.78 is 5.08. The van der Waals surface area contributed by atoms with E-state index < -0.39 is 0 Å². The van der Waals surface area contributed by atoms with Gasteiger partial charge in [0.05, 0.1) is 6.61 Å². The molecule has 3 heteroatoms. The second kappa shape index (κ2) is 7.07. The van der Waals surface area contributed by atoms with Crippen molar-refractivity contribution in [1.82, 2.24) is 5.32 Å². The molecule has 0 bridgehead atoms. The molecule has 17 heavy (non-hydrogen) atoms. The molecule has 1 aromatic rings. The van der Waals surface area contributed by atoms with Crippen molar-refractivity contribution >= 4 is 5.97 Å². The van der Waals surface area contributed by atoms with Crippen LogP contribution >= 0.6 is 0 Å². The van der Waals surface area contributed by atoms with Gasteiger partial charge in [0.25, 0.3) is 0 Å². The minimum atomic E-state index is -0.266. The molecule has 0 aliphatic rings. The van der Waals surface area contributed by atoms with E-state index in [1.54, 1.807) is 0 Å². The monoisotopic (exact) mass is 235 g/mol. The highest BCUT2D eigenvalue weighted by Crippen LogP contribution is 2.05. The van der Waals surface area contributed by atoms with Crippen LogP contribution in [0.4, 0.5) is 0 Å². The van der Waals surface area contributed by atoms with Crippen LogP contribution in [0.5, 0.6) is 0 Å². The standard InChI is InChI=1S/C14H21NO2/c1-4-17-14(16)13(15-11(2)3)10-12-8-6-5-7-9-12/h5-9,11,13,15H,4,10H2,1-3H3. The Morgan fingerprint density at radius 1 is 1.29 bits per heavy atom. The third-order valence-corrected chi connectivity index (χ3v) is 2.39. The highest BCUT2D eigenvalue weighted by Gasteiger charge is 2.20. The van der Waals surface area contributed by atoms with Gasteiger partial charge in [-0.1, -0.05) is 44.2 Å². The number of carbonyl (C=O) groups excluding carboxylic acids is 1. The quantitative estimate of drug-likeness (QED) is 0.768. The van der Waals surface area contributed by atoms with Gasteiger partial charge in [-0.25, -0.2) is 0 Å². The zero-order chi connectivity index (χ0) is 12.7. The summed E-state index contributed by atoms with van der Waals surface area (Å²) in [4.78, 5) is 11.8. The summed E-state index contributed by atoms with van der Waals surface area (Å²) in [6.07, 6.45) is 0.665. The molecule has 1 atom stereocenters. The lowest BCUT2D eigenvalue weighted by atomic mass is 10.1. The minimum Gasteiger partial charge on any atom is -0.465 e. The zero-order valence-electron chi connectivity index (χ0n) is 10.8.